The van der Waals surface area contributed by atoms with Crippen molar-refractivity contribution in [1.82, 2.24) is 4.90 Å². The summed E-state index contributed by atoms with van der Waals surface area (Å²) in [5.41, 5.74) is 0. The number of ether oxygens (including phenoxy) is 1. The van der Waals surface area contributed by atoms with E-state index in [2.05, 4.69) is 4.74 Å². The van der Waals surface area contributed by atoms with Crippen LogP contribution in [0.2, 0.25) is 0 Å². The van der Waals surface area contributed by atoms with Crippen molar-refractivity contribution in [1.29, 1.82) is 0 Å². The van der Waals surface area contributed by atoms with Crippen molar-refractivity contribution in [2.24, 2.45) is 0 Å². The Morgan fingerprint density at radius 1 is 1.00 bits per heavy atom. The van der Waals surface area contributed by atoms with Crippen LogP contribution in [-0.2, 0) is 40.4 Å². The number of rotatable bonds is 6. The van der Waals surface area contributed by atoms with Gasteiger partial charge in [0.2, 0.25) is 0 Å². The van der Waals surface area contributed by atoms with Crippen molar-refractivity contribution < 1.29 is 60.5 Å². The van der Waals surface area contributed by atoms with E-state index in [-0.39, 0.29) is 38.3 Å². The molecule has 1 heterocycles. The molecule has 0 aliphatic carbocycles. The first kappa shape index (κ1) is 32.0. The molecule has 0 aromatic heterocycles. The Balaban J connectivity index is -0.000000232. The number of carbonyl (C=O) groups excluding carboxylic acids is 3. The summed E-state index contributed by atoms with van der Waals surface area (Å²) in [6.45, 7) is -0.152. The fraction of sp³-hybridized carbons (Fsp3) is 0.364. The van der Waals surface area contributed by atoms with Crippen LogP contribution in [0.4, 0.5) is 4.79 Å². The average molecular weight is 601 g/mol. The maximum Gasteiger partial charge on any atom is -0.693 e. The summed E-state index contributed by atoms with van der Waals surface area (Å²) >= 11 is -0.472. The largest absolute Gasteiger partial charge is 0.693 e. The fourth-order valence-corrected chi connectivity index (χ4v) is 1.18. The number of hydrogen-bond donors (Lipinski definition) is 3. The number of halogens is 2. The zero-order valence-electron chi connectivity index (χ0n) is 12.9. The fourth-order valence-electron chi connectivity index (χ4n) is 1.18. The van der Waals surface area contributed by atoms with E-state index in [0.29, 0.717) is 0 Å². The van der Waals surface area contributed by atoms with E-state index in [1.165, 1.54) is 0 Å². The smallest absolute Gasteiger partial charge is 0.693 e. The van der Waals surface area contributed by atoms with E-state index < -0.39 is 46.4 Å². The maximum absolute atomic E-state index is 11.1. The predicted molar refractivity (Wildman–Crippen MR) is 86.6 cm³/mol. The first-order valence-corrected chi connectivity index (χ1v) is 11.4. The molecule has 0 atom stereocenters. The number of aliphatic carboxylic acids is 1. The summed E-state index contributed by atoms with van der Waals surface area (Å²) in [7, 11) is 9.75. The van der Waals surface area contributed by atoms with Gasteiger partial charge in [-0.3, -0.25) is 24.1 Å². The van der Waals surface area contributed by atoms with Crippen molar-refractivity contribution >= 4 is 48.7 Å². The standard InChI is InChI=1S/C10H11NO6.CH2O3.2ClH.2H2N.Pt/c12-7-1-2-8(13)11(7)5-6-17-10(16)4-3-9(14)15;2-1(3)4;;;;;/h1-2H,3-6H2,(H,14,15);(H2,2,3,4);2*1H;2*1H2;/q;;;;2*-1;+4/p-2. The topological polar surface area (TPSA) is 226 Å². The summed E-state index contributed by atoms with van der Waals surface area (Å²) in [5.74, 6) is -2.65. The molecule has 26 heavy (non-hydrogen) atoms. The molecule has 0 aromatic rings. The van der Waals surface area contributed by atoms with Crippen LogP contribution >= 0.6 is 18.8 Å². The van der Waals surface area contributed by atoms with Crippen molar-refractivity contribution in [2.75, 3.05) is 13.2 Å². The van der Waals surface area contributed by atoms with Gasteiger partial charge in [-0.2, -0.15) is 0 Å². The number of carbonyl (C=O) groups is 5. The number of nitrogens with two attached hydrogens (primary N) is 2. The van der Waals surface area contributed by atoms with E-state index >= 15 is 0 Å². The zero-order valence-corrected chi connectivity index (χ0v) is 16.7. The molecule has 0 saturated carbocycles. The van der Waals surface area contributed by atoms with E-state index in [1.807, 2.05) is 0 Å². The summed E-state index contributed by atoms with van der Waals surface area (Å²) in [4.78, 5) is 52.8. The second-order valence-corrected chi connectivity index (χ2v) is 6.89. The minimum atomic E-state index is -1.83. The molecular weight excluding hydrogens is 584 g/mol. The summed E-state index contributed by atoms with van der Waals surface area (Å²) in [5, 5.41) is 22.3. The Kier molecular flexibility index (Phi) is 24.1. The summed E-state index contributed by atoms with van der Waals surface area (Å²) < 4.78 is 4.67. The Morgan fingerprint density at radius 2 is 1.38 bits per heavy atom. The third-order valence-electron chi connectivity index (χ3n) is 2.02. The molecule has 0 aromatic carbocycles. The minimum Gasteiger partial charge on any atom is -0.693 e. The monoisotopic (exact) mass is 600 g/mol. The van der Waals surface area contributed by atoms with E-state index in [1.54, 1.807) is 0 Å². The Morgan fingerprint density at radius 3 is 1.73 bits per heavy atom. The summed E-state index contributed by atoms with van der Waals surface area (Å²) in [6, 6.07) is 0. The first-order chi connectivity index (χ1) is 11.1. The van der Waals surface area contributed by atoms with Gasteiger partial charge in [-0.25, -0.2) is 4.79 Å². The van der Waals surface area contributed by atoms with Gasteiger partial charge in [0.25, 0.3) is 11.8 Å². The van der Waals surface area contributed by atoms with Gasteiger partial charge in [0.05, 0.1) is 19.4 Å². The van der Waals surface area contributed by atoms with Gasteiger partial charge < -0.3 is 32.4 Å². The third kappa shape index (κ3) is 20.3. The third-order valence-corrected chi connectivity index (χ3v) is 2.02. The number of carboxylic acids is 1. The SMILES string of the molecule is O=C(O)CCC(=O)OCCN1C(=O)C=CC1=O.O=C(O)O.[Cl][Pt+2][Cl].[NH2-].[NH2-]. The van der Waals surface area contributed by atoms with Gasteiger partial charge in [0, 0.05) is 12.2 Å². The van der Waals surface area contributed by atoms with Crippen LogP contribution < -0.4 is 0 Å². The molecule has 12 nitrogen and oxygen atoms in total. The normalized spacial score (nSPS) is 11.1. The molecule has 154 valence electrons. The average Bonchev–Trinajstić information content (AvgIpc) is 2.77. The molecule has 0 spiro atoms. The number of esters is 1. The molecule has 1 aliphatic rings. The number of imide groups is 1. The minimum absolute atomic E-state index is 0. The van der Waals surface area contributed by atoms with Crippen LogP contribution in [0.25, 0.3) is 12.3 Å². The first-order valence-electron chi connectivity index (χ1n) is 5.80. The molecule has 1 rings (SSSR count). The van der Waals surface area contributed by atoms with E-state index in [4.69, 9.17) is 39.0 Å². The van der Waals surface area contributed by atoms with Crippen LogP contribution in [-0.4, -0.2) is 63.3 Å². The molecule has 15 heteroatoms. The number of carboxylic acid groups (broad SMARTS) is 3. The molecular formula is C11H17Cl2N3O9Pt. The Bertz CT molecular complexity index is 483. The predicted octanol–water partition coefficient (Wildman–Crippen LogP) is 2.35. The molecule has 0 fully saturated rings. The second kappa shape index (κ2) is 19.6. The van der Waals surface area contributed by atoms with Crippen molar-refractivity contribution in [3.63, 3.8) is 0 Å². The van der Waals surface area contributed by atoms with Gasteiger partial charge >= 0.3 is 53.4 Å². The molecule has 7 N–H and O–H groups in total. The Hall–Kier alpha value is -1.72. The van der Waals surface area contributed by atoms with Gasteiger partial charge in [-0.1, -0.05) is 0 Å². The van der Waals surface area contributed by atoms with Crippen molar-refractivity contribution in [3.05, 3.63) is 24.5 Å². The molecule has 0 unspecified atom stereocenters. The van der Waals surface area contributed by atoms with Crippen LogP contribution in [0.3, 0.4) is 0 Å². The quantitative estimate of drug-likeness (QED) is 0.300. The van der Waals surface area contributed by atoms with Gasteiger partial charge in [0.15, 0.2) is 0 Å². The van der Waals surface area contributed by atoms with Gasteiger partial charge in [0.1, 0.15) is 6.61 Å². The second-order valence-electron chi connectivity index (χ2n) is 3.60. The van der Waals surface area contributed by atoms with Crippen LogP contribution in [0.1, 0.15) is 12.8 Å². The van der Waals surface area contributed by atoms with Crippen LogP contribution in [0, 0.1) is 0 Å². The van der Waals surface area contributed by atoms with E-state index in [0.717, 1.165) is 17.1 Å². The van der Waals surface area contributed by atoms with Crippen LogP contribution in [0.15, 0.2) is 12.2 Å². The molecule has 1 aliphatic heterocycles. The molecule has 0 bridgehead atoms. The van der Waals surface area contributed by atoms with Crippen molar-refractivity contribution in [3.8, 4) is 0 Å². The van der Waals surface area contributed by atoms with Crippen molar-refractivity contribution in [2.45, 2.75) is 12.8 Å². The molecule has 0 radical (unpaired) electrons. The van der Waals surface area contributed by atoms with Crippen LogP contribution in [0.5, 0.6) is 0 Å². The van der Waals surface area contributed by atoms with E-state index in [9.17, 15) is 19.2 Å². The number of hydrogen-bond acceptors (Lipinski definition) is 6. The Labute approximate surface area is 164 Å². The number of amides is 2. The van der Waals surface area contributed by atoms with Gasteiger partial charge in [-0.05, 0) is 0 Å². The maximum atomic E-state index is 11.1. The summed E-state index contributed by atoms with van der Waals surface area (Å²) in [6.07, 6.45) is -0.0966. The zero-order chi connectivity index (χ0) is 19.1. The van der Waals surface area contributed by atoms with Gasteiger partial charge in [-0.15, -0.1) is 0 Å². The molecule has 2 amide bonds. The number of nitrogens with zero attached hydrogens (tertiary/aromatic N) is 1. The molecule has 0 saturated heterocycles.